The Hall–Kier alpha value is -6.07. The molecular formula is C42H28N4O. The van der Waals surface area contributed by atoms with Gasteiger partial charge < -0.3 is 4.42 Å². The summed E-state index contributed by atoms with van der Waals surface area (Å²) < 4.78 is 8.55. The molecule has 5 nitrogen and oxygen atoms in total. The fourth-order valence-electron chi connectivity index (χ4n) is 7.69. The summed E-state index contributed by atoms with van der Waals surface area (Å²) in [4.78, 5) is 15.2. The number of nitrogens with zero attached hydrogens (tertiary/aromatic N) is 4. The summed E-state index contributed by atoms with van der Waals surface area (Å²) in [7, 11) is 0. The van der Waals surface area contributed by atoms with Crippen molar-refractivity contribution in [3.8, 4) is 39.9 Å². The first-order valence-corrected chi connectivity index (χ1v) is 16.0. The van der Waals surface area contributed by atoms with E-state index in [1.807, 2.05) is 66.7 Å². The molecule has 0 fully saturated rings. The minimum absolute atomic E-state index is 0.268. The predicted molar refractivity (Wildman–Crippen MR) is 190 cm³/mol. The standard InChI is InChI=1S/C42H28N4O/c1-42(2)32-24-34-31(23-30(32)28-21-22-36-37(38(28)42)29-18-10-12-20-35(29)47-36)27-17-9-11-19-33(27)46(34)41-44-39(25-13-5-3-6-14-25)43-40(45-41)26-15-7-4-8-16-26/h3-24H,1-2H3. The second-order valence-corrected chi connectivity index (χ2v) is 12.9. The lowest BCUT2D eigenvalue weighted by Crippen LogP contribution is -2.15. The van der Waals surface area contributed by atoms with E-state index in [0.717, 1.165) is 44.1 Å². The van der Waals surface area contributed by atoms with Crippen LogP contribution in [0.4, 0.5) is 0 Å². The van der Waals surface area contributed by atoms with Crippen molar-refractivity contribution in [3.05, 3.63) is 145 Å². The minimum atomic E-state index is -0.268. The van der Waals surface area contributed by atoms with Gasteiger partial charge in [-0.15, -0.1) is 0 Å². The topological polar surface area (TPSA) is 56.7 Å². The quantitative estimate of drug-likeness (QED) is 0.201. The van der Waals surface area contributed by atoms with Gasteiger partial charge in [0.2, 0.25) is 5.95 Å². The summed E-state index contributed by atoms with van der Waals surface area (Å²) >= 11 is 0. The van der Waals surface area contributed by atoms with Gasteiger partial charge >= 0.3 is 0 Å². The highest BCUT2D eigenvalue weighted by Crippen LogP contribution is 2.54. The molecule has 9 aromatic rings. The number of rotatable bonds is 3. The molecule has 47 heavy (non-hydrogen) atoms. The summed E-state index contributed by atoms with van der Waals surface area (Å²) in [5.41, 5.74) is 10.7. The van der Waals surface area contributed by atoms with Gasteiger partial charge in [0.25, 0.3) is 0 Å². The number of furan rings is 1. The Morgan fingerprint density at radius 1 is 0.532 bits per heavy atom. The van der Waals surface area contributed by atoms with Crippen LogP contribution >= 0.6 is 0 Å². The average Bonchev–Trinajstić information content (AvgIpc) is 3.73. The van der Waals surface area contributed by atoms with Crippen LogP contribution in [0, 0.1) is 0 Å². The van der Waals surface area contributed by atoms with E-state index < -0.39 is 0 Å². The molecule has 222 valence electrons. The van der Waals surface area contributed by atoms with Gasteiger partial charge in [-0.25, -0.2) is 4.98 Å². The molecule has 0 saturated carbocycles. The van der Waals surface area contributed by atoms with E-state index in [1.165, 1.54) is 33.0 Å². The second kappa shape index (κ2) is 9.47. The number of aromatic nitrogens is 4. The zero-order valence-electron chi connectivity index (χ0n) is 25.9. The van der Waals surface area contributed by atoms with Crippen molar-refractivity contribution in [3.63, 3.8) is 0 Å². The number of fused-ring (bicyclic) bond motifs is 10. The van der Waals surface area contributed by atoms with E-state index >= 15 is 0 Å². The summed E-state index contributed by atoms with van der Waals surface area (Å²) in [5, 5.41) is 4.69. The highest BCUT2D eigenvalue weighted by molar-refractivity contribution is 6.14. The van der Waals surface area contributed by atoms with Crippen LogP contribution in [-0.4, -0.2) is 19.5 Å². The summed E-state index contributed by atoms with van der Waals surface area (Å²) in [6.07, 6.45) is 0. The maximum atomic E-state index is 6.34. The van der Waals surface area contributed by atoms with Crippen molar-refractivity contribution in [1.82, 2.24) is 19.5 Å². The van der Waals surface area contributed by atoms with E-state index in [1.54, 1.807) is 0 Å². The number of hydrogen-bond acceptors (Lipinski definition) is 4. The highest BCUT2D eigenvalue weighted by atomic mass is 16.3. The lowest BCUT2D eigenvalue weighted by molar-refractivity contribution is 0.657. The van der Waals surface area contributed by atoms with Crippen LogP contribution in [0.1, 0.15) is 25.0 Å². The molecule has 6 aromatic carbocycles. The Balaban J connectivity index is 1.28. The Morgan fingerprint density at radius 3 is 1.89 bits per heavy atom. The predicted octanol–water partition coefficient (Wildman–Crippen LogP) is 10.5. The van der Waals surface area contributed by atoms with Crippen LogP contribution in [0.5, 0.6) is 0 Å². The molecule has 1 aliphatic carbocycles. The van der Waals surface area contributed by atoms with E-state index in [4.69, 9.17) is 19.4 Å². The third kappa shape index (κ3) is 3.68. The molecule has 3 heterocycles. The van der Waals surface area contributed by atoms with Crippen LogP contribution in [-0.2, 0) is 5.41 Å². The molecular weight excluding hydrogens is 576 g/mol. The zero-order chi connectivity index (χ0) is 31.3. The first-order chi connectivity index (χ1) is 23.1. The molecule has 0 bridgehead atoms. The van der Waals surface area contributed by atoms with Gasteiger partial charge in [-0.05, 0) is 52.6 Å². The fraction of sp³-hybridized carbons (Fsp3) is 0.0714. The van der Waals surface area contributed by atoms with Gasteiger partial charge in [-0.2, -0.15) is 9.97 Å². The number of benzene rings is 6. The molecule has 0 N–H and O–H groups in total. The molecule has 0 atom stereocenters. The van der Waals surface area contributed by atoms with Crippen LogP contribution in [0.15, 0.2) is 138 Å². The van der Waals surface area contributed by atoms with Crippen LogP contribution in [0.3, 0.4) is 0 Å². The van der Waals surface area contributed by atoms with Crippen molar-refractivity contribution in [2.24, 2.45) is 0 Å². The Kier molecular flexibility index (Phi) is 5.28. The van der Waals surface area contributed by atoms with Crippen LogP contribution in [0.2, 0.25) is 0 Å². The maximum Gasteiger partial charge on any atom is 0.238 e. The molecule has 0 saturated heterocycles. The van der Waals surface area contributed by atoms with Crippen molar-refractivity contribution < 1.29 is 4.42 Å². The van der Waals surface area contributed by atoms with Gasteiger partial charge in [0.15, 0.2) is 11.6 Å². The van der Waals surface area contributed by atoms with Gasteiger partial charge in [0, 0.05) is 38.1 Å². The summed E-state index contributed by atoms with van der Waals surface area (Å²) in [6, 6.07) is 46.3. The van der Waals surface area contributed by atoms with E-state index in [2.05, 4.69) is 85.1 Å². The van der Waals surface area contributed by atoms with E-state index in [9.17, 15) is 0 Å². The lowest BCUT2D eigenvalue weighted by atomic mass is 9.80. The van der Waals surface area contributed by atoms with Gasteiger partial charge in [0.05, 0.1) is 11.0 Å². The van der Waals surface area contributed by atoms with Gasteiger partial charge in [0.1, 0.15) is 11.2 Å². The number of hydrogen-bond donors (Lipinski definition) is 0. The minimum Gasteiger partial charge on any atom is -0.456 e. The van der Waals surface area contributed by atoms with Crippen molar-refractivity contribution >= 4 is 43.7 Å². The third-order valence-electron chi connectivity index (χ3n) is 9.83. The first-order valence-electron chi connectivity index (χ1n) is 16.0. The van der Waals surface area contributed by atoms with Crippen molar-refractivity contribution in [1.29, 1.82) is 0 Å². The van der Waals surface area contributed by atoms with Crippen LogP contribution < -0.4 is 0 Å². The SMILES string of the molecule is CC1(C)c2cc3c(cc2-c2ccc4oc5ccccc5c4c21)c1ccccc1n3-c1nc(-c2ccccc2)nc(-c2ccccc2)n1. The van der Waals surface area contributed by atoms with Crippen LogP contribution in [0.25, 0.3) is 83.6 Å². The van der Waals surface area contributed by atoms with Crippen molar-refractivity contribution in [2.75, 3.05) is 0 Å². The second-order valence-electron chi connectivity index (χ2n) is 12.9. The molecule has 10 rings (SSSR count). The normalized spacial score (nSPS) is 13.5. The zero-order valence-corrected chi connectivity index (χ0v) is 25.9. The third-order valence-corrected chi connectivity index (χ3v) is 9.83. The molecule has 1 aliphatic rings. The van der Waals surface area contributed by atoms with Gasteiger partial charge in [-0.3, -0.25) is 4.57 Å². The van der Waals surface area contributed by atoms with Crippen molar-refractivity contribution in [2.45, 2.75) is 19.3 Å². The molecule has 0 amide bonds. The van der Waals surface area contributed by atoms with E-state index in [0.29, 0.717) is 17.6 Å². The largest absolute Gasteiger partial charge is 0.456 e. The molecule has 0 unspecified atom stereocenters. The summed E-state index contributed by atoms with van der Waals surface area (Å²) in [5.74, 6) is 1.88. The first kappa shape index (κ1) is 26.2. The molecule has 0 aliphatic heterocycles. The van der Waals surface area contributed by atoms with E-state index in [-0.39, 0.29) is 5.41 Å². The fourth-order valence-corrected chi connectivity index (χ4v) is 7.69. The Labute approximate surface area is 270 Å². The molecule has 0 radical (unpaired) electrons. The Morgan fingerprint density at radius 2 is 1.17 bits per heavy atom. The average molecular weight is 605 g/mol. The lowest BCUT2D eigenvalue weighted by Gasteiger charge is -2.22. The molecule has 0 spiro atoms. The highest BCUT2D eigenvalue weighted by Gasteiger charge is 2.39. The molecule has 3 aromatic heterocycles. The Bertz CT molecular complexity index is 2640. The molecule has 5 heteroatoms. The maximum absolute atomic E-state index is 6.34. The monoisotopic (exact) mass is 604 g/mol. The smallest absolute Gasteiger partial charge is 0.238 e. The summed E-state index contributed by atoms with van der Waals surface area (Å²) in [6.45, 7) is 4.67. The van der Waals surface area contributed by atoms with Gasteiger partial charge in [-0.1, -0.05) is 117 Å². The number of para-hydroxylation sites is 2.